The summed E-state index contributed by atoms with van der Waals surface area (Å²) in [6.45, 7) is 5.89. The van der Waals surface area contributed by atoms with Crippen molar-refractivity contribution < 1.29 is 0 Å². The molecule has 0 saturated heterocycles. The summed E-state index contributed by atoms with van der Waals surface area (Å²) < 4.78 is 0.815. The molecule has 0 atom stereocenters. The standard InChI is InChI=1S/C16H19ClN2S2/c1-3-12-5-7-13(8-6-12)18-16(20)19(4-2)11-14-9-10-15(17)21-14/h5-10H,3-4,11H2,1-2H3,(H,18,20). The van der Waals surface area contributed by atoms with E-state index in [1.54, 1.807) is 11.3 Å². The topological polar surface area (TPSA) is 15.3 Å². The lowest BCUT2D eigenvalue weighted by Gasteiger charge is -2.23. The normalized spacial score (nSPS) is 10.4. The van der Waals surface area contributed by atoms with Crippen LogP contribution in [0.4, 0.5) is 5.69 Å². The molecule has 0 spiro atoms. The zero-order valence-corrected chi connectivity index (χ0v) is 14.6. The smallest absolute Gasteiger partial charge is 0.173 e. The first-order valence-corrected chi connectivity index (χ1v) is 8.61. The fraction of sp³-hybridized carbons (Fsp3) is 0.312. The molecule has 0 fully saturated rings. The van der Waals surface area contributed by atoms with Crippen molar-refractivity contribution in [1.29, 1.82) is 0 Å². The first kappa shape index (κ1) is 16.3. The third-order valence-electron chi connectivity index (χ3n) is 3.26. The molecule has 0 aliphatic heterocycles. The zero-order chi connectivity index (χ0) is 15.2. The van der Waals surface area contributed by atoms with E-state index >= 15 is 0 Å². The molecular formula is C16H19ClN2S2. The summed E-state index contributed by atoms with van der Waals surface area (Å²) in [4.78, 5) is 3.35. The van der Waals surface area contributed by atoms with Gasteiger partial charge in [0.15, 0.2) is 5.11 Å². The van der Waals surface area contributed by atoms with E-state index in [0.29, 0.717) is 0 Å². The van der Waals surface area contributed by atoms with Gasteiger partial charge in [0.05, 0.1) is 10.9 Å². The van der Waals surface area contributed by atoms with Crippen molar-refractivity contribution in [3.8, 4) is 0 Å². The first-order chi connectivity index (χ1) is 10.1. The van der Waals surface area contributed by atoms with Crippen LogP contribution in [0.15, 0.2) is 36.4 Å². The number of nitrogens with zero attached hydrogens (tertiary/aromatic N) is 1. The Morgan fingerprint density at radius 3 is 2.43 bits per heavy atom. The number of thiocarbonyl (C=S) groups is 1. The van der Waals surface area contributed by atoms with Gasteiger partial charge in [0.1, 0.15) is 0 Å². The van der Waals surface area contributed by atoms with Crippen LogP contribution in [-0.2, 0) is 13.0 Å². The van der Waals surface area contributed by atoms with E-state index < -0.39 is 0 Å². The van der Waals surface area contributed by atoms with Crippen LogP contribution < -0.4 is 5.32 Å². The predicted molar refractivity (Wildman–Crippen MR) is 97.5 cm³/mol. The molecule has 0 bridgehead atoms. The number of hydrogen-bond acceptors (Lipinski definition) is 2. The van der Waals surface area contributed by atoms with Crippen molar-refractivity contribution in [1.82, 2.24) is 4.90 Å². The fourth-order valence-corrected chi connectivity index (χ4v) is 3.39. The molecule has 0 amide bonds. The molecule has 2 aromatic rings. The van der Waals surface area contributed by atoms with Gasteiger partial charge in [-0.1, -0.05) is 30.7 Å². The molecule has 1 aromatic heterocycles. The van der Waals surface area contributed by atoms with Crippen LogP contribution in [0.1, 0.15) is 24.3 Å². The van der Waals surface area contributed by atoms with Gasteiger partial charge < -0.3 is 10.2 Å². The van der Waals surface area contributed by atoms with Crippen LogP contribution in [0.25, 0.3) is 0 Å². The summed E-state index contributed by atoms with van der Waals surface area (Å²) in [6, 6.07) is 12.4. The second kappa shape index (κ2) is 7.78. The van der Waals surface area contributed by atoms with E-state index in [4.69, 9.17) is 23.8 Å². The van der Waals surface area contributed by atoms with Crippen LogP contribution in [-0.4, -0.2) is 16.6 Å². The number of rotatable bonds is 5. The molecule has 0 aliphatic rings. The Kier molecular flexibility index (Phi) is 6.03. The second-order valence-corrected chi connectivity index (χ2v) is 6.89. The lowest BCUT2D eigenvalue weighted by molar-refractivity contribution is 0.446. The highest BCUT2D eigenvalue weighted by molar-refractivity contribution is 7.80. The van der Waals surface area contributed by atoms with Gasteiger partial charge in [-0.15, -0.1) is 11.3 Å². The number of nitrogens with one attached hydrogen (secondary N) is 1. The van der Waals surface area contributed by atoms with Crippen LogP contribution >= 0.6 is 35.2 Å². The van der Waals surface area contributed by atoms with Gasteiger partial charge in [-0.3, -0.25) is 0 Å². The van der Waals surface area contributed by atoms with Gasteiger partial charge in [-0.25, -0.2) is 0 Å². The number of anilines is 1. The monoisotopic (exact) mass is 338 g/mol. The Hall–Kier alpha value is -1.10. The van der Waals surface area contributed by atoms with Crippen LogP contribution in [0.5, 0.6) is 0 Å². The van der Waals surface area contributed by atoms with E-state index in [-0.39, 0.29) is 0 Å². The number of benzene rings is 1. The highest BCUT2D eigenvalue weighted by Gasteiger charge is 2.10. The summed E-state index contributed by atoms with van der Waals surface area (Å²) in [5.41, 5.74) is 2.35. The minimum atomic E-state index is 0.742. The Balaban J connectivity index is 1.98. The third kappa shape index (κ3) is 4.70. The highest BCUT2D eigenvalue weighted by atomic mass is 35.5. The van der Waals surface area contributed by atoms with Crippen molar-refractivity contribution in [3.05, 3.63) is 51.2 Å². The molecule has 1 N–H and O–H groups in total. The predicted octanol–water partition coefficient (Wildman–Crippen LogP) is 5.18. The van der Waals surface area contributed by atoms with E-state index in [2.05, 4.69) is 48.3 Å². The number of halogens is 1. The van der Waals surface area contributed by atoms with Gasteiger partial charge in [-0.05, 0) is 55.4 Å². The van der Waals surface area contributed by atoms with E-state index in [1.165, 1.54) is 10.4 Å². The molecule has 5 heteroatoms. The molecule has 0 aliphatic carbocycles. The molecule has 0 saturated carbocycles. The molecule has 2 nitrogen and oxygen atoms in total. The van der Waals surface area contributed by atoms with Crippen LogP contribution in [0.3, 0.4) is 0 Å². The van der Waals surface area contributed by atoms with Crippen molar-refractivity contribution in [3.63, 3.8) is 0 Å². The van der Waals surface area contributed by atoms with Crippen molar-refractivity contribution in [2.24, 2.45) is 0 Å². The van der Waals surface area contributed by atoms with Gasteiger partial charge >= 0.3 is 0 Å². The Morgan fingerprint density at radius 2 is 1.90 bits per heavy atom. The SMILES string of the molecule is CCc1ccc(NC(=S)N(CC)Cc2ccc(Cl)s2)cc1. The zero-order valence-electron chi connectivity index (χ0n) is 12.2. The number of aryl methyl sites for hydroxylation is 1. The molecule has 1 heterocycles. The summed E-state index contributed by atoms with van der Waals surface area (Å²) in [5.74, 6) is 0. The largest absolute Gasteiger partial charge is 0.344 e. The van der Waals surface area contributed by atoms with E-state index in [0.717, 1.165) is 34.6 Å². The maximum atomic E-state index is 5.98. The van der Waals surface area contributed by atoms with Crippen molar-refractivity contribution >= 4 is 46.0 Å². The molecule has 2 rings (SSSR count). The Morgan fingerprint density at radius 1 is 1.19 bits per heavy atom. The number of hydrogen-bond donors (Lipinski definition) is 1. The summed E-state index contributed by atoms with van der Waals surface area (Å²) in [6.07, 6.45) is 1.05. The van der Waals surface area contributed by atoms with E-state index in [1.807, 2.05) is 12.1 Å². The van der Waals surface area contributed by atoms with Crippen LogP contribution in [0, 0.1) is 0 Å². The molecule has 0 unspecified atom stereocenters. The van der Waals surface area contributed by atoms with Gasteiger partial charge in [0.2, 0.25) is 0 Å². The quantitative estimate of drug-likeness (QED) is 0.756. The van der Waals surface area contributed by atoms with Crippen LogP contribution in [0.2, 0.25) is 4.34 Å². The lowest BCUT2D eigenvalue weighted by Crippen LogP contribution is -2.33. The molecule has 112 valence electrons. The average molecular weight is 339 g/mol. The summed E-state index contributed by atoms with van der Waals surface area (Å²) in [5, 5.41) is 4.04. The Bertz CT molecular complexity index is 593. The highest BCUT2D eigenvalue weighted by Crippen LogP contribution is 2.23. The maximum Gasteiger partial charge on any atom is 0.173 e. The summed E-state index contributed by atoms with van der Waals surface area (Å²) in [7, 11) is 0. The lowest BCUT2D eigenvalue weighted by atomic mass is 10.1. The minimum absolute atomic E-state index is 0.742. The Labute approximate surface area is 140 Å². The van der Waals surface area contributed by atoms with Gasteiger partial charge in [0.25, 0.3) is 0 Å². The average Bonchev–Trinajstić information content (AvgIpc) is 2.90. The van der Waals surface area contributed by atoms with Gasteiger partial charge in [-0.2, -0.15) is 0 Å². The minimum Gasteiger partial charge on any atom is -0.344 e. The van der Waals surface area contributed by atoms with Crippen molar-refractivity contribution in [2.75, 3.05) is 11.9 Å². The first-order valence-electron chi connectivity index (χ1n) is 7.01. The van der Waals surface area contributed by atoms with Crippen molar-refractivity contribution in [2.45, 2.75) is 26.8 Å². The second-order valence-electron chi connectivity index (χ2n) is 4.70. The molecule has 21 heavy (non-hydrogen) atoms. The molecular weight excluding hydrogens is 320 g/mol. The molecule has 0 radical (unpaired) electrons. The summed E-state index contributed by atoms with van der Waals surface area (Å²) >= 11 is 13.1. The maximum absolute atomic E-state index is 5.98. The van der Waals surface area contributed by atoms with Gasteiger partial charge in [0, 0.05) is 17.1 Å². The fourth-order valence-electron chi connectivity index (χ4n) is 1.98. The third-order valence-corrected chi connectivity index (χ3v) is 4.83. The number of thiophene rings is 1. The van der Waals surface area contributed by atoms with E-state index in [9.17, 15) is 0 Å². The molecule has 1 aromatic carbocycles.